The van der Waals surface area contributed by atoms with Crippen molar-refractivity contribution in [3.63, 3.8) is 0 Å². The Bertz CT molecular complexity index is 912. The van der Waals surface area contributed by atoms with Crippen LogP contribution in [0.4, 0.5) is 0 Å². The second-order valence-electron chi connectivity index (χ2n) is 8.84. The van der Waals surface area contributed by atoms with Crippen molar-refractivity contribution >= 4 is 5.91 Å². The van der Waals surface area contributed by atoms with Gasteiger partial charge >= 0.3 is 0 Å². The second-order valence-corrected chi connectivity index (χ2v) is 8.84. The smallest absolute Gasteiger partial charge is 0.274 e. The van der Waals surface area contributed by atoms with Crippen LogP contribution in [-0.4, -0.2) is 60.0 Å². The Morgan fingerprint density at radius 3 is 2.77 bits per heavy atom. The summed E-state index contributed by atoms with van der Waals surface area (Å²) in [5.41, 5.74) is 1.93. The minimum atomic E-state index is -0.0268. The Kier molecular flexibility index (Phi) is 6.69. The number of rotatable bonds is 9. The highest BCUT2D eigenvalue weighted by Crippen LogP contribution is 2.42. The first-order valence-electron chi connectivity index (χ1n) is 11.1. The van der Waals surface area contributed by atoms with Crippen LogP contribution >= 0.6 is 0 Å². The van der Waals surface area contributed by atoms with Crippen LogP contribution in [0.3, 0.4) is 0 Å². The van der Waals surface area contributed by atoms with Gasteiger partial charge in [0.25, 0.3) is 5.91 Å². The summed E-state index contributed by atoms with van der Waals surface area (Å²) >= 11 is 0. The summed E-state index contributed by atoms with van der Waals surface area (Å²) < 4.78 is 7.25. The van der Waals surface area contributed by atoms with Gasteiger partial charge in [0.15, 0.2) is 0 Å². The largest absolute Gasteiger partial charge is 0.384 e. The normalized spacial score (nSPS) is 22.1. The van der Waals surface area contributed by atoms with Crippen molar-refractivity contribution in [2.45, 2.75) is 44.2 Å². The Hall–Kier alpha value is -2.69. The van der Waals surface area contributed by atoms with E-state index in [1.165, 1.54) is 12.0 Å². The lowest BCUT2D eigenvalue weighted by Gasteiger charge is -2.41. The molecule has 4 rings (SSSR count). The number of benzene rings is 1. The van der Waals surface area contributed by atoms with E-state index in [4.69, 9.17) is 10.00 Å². The molecule has 2 heterocycles. The predicted molar refractivity (Wildman–Crippen MR) is 117 cm³/mol. The number of ether oxygens (including phenoxy) is 1. The molecular formula is C24H31N5O2. The number of likely N-dealkylation sites (tertiary alicyclic amines) is 1. The van der Waals surface area contributed by atoms with Gasteiger partial charge in [-0.15, -0.1) is 0 Å². The molecule has 1 unspecified atom stereocenters. The van der Waals surface area contributed by atoms with E-state index in [1.807, 2.05) is 4.90 Å². The number of aryl methyl sites for hydroxylation is 1. The summed E-state index contributed by atoms with van der Waals surface area (Å²) in [7, 11) is 1.76. The minimum absolute atomic E-state index is 0.0268. The average Bonchev–Trinajstić information content (AvgIpc) is 3.44. The zero-order valence-corrected chi connectivity index (χ0v) is 18.2. The number of nitriles is 1. The number of nitrogens with zero attached hydrogens (tertiary/aromatic N) is 4. The molecule has 2 fully saturated rings. The molecule has 0 bridgehead atoms. The molecule has 7 heteroatoms. The minimum Gasteiger partial charge on any atom is -0.384 e. The van der Waals surface area contributed by atoms with Gasteiger partial charge < -0.3 is 15.0 Å². The van der Waals surface area contributed by atoms with E-state index < -0.39 is 0 Å². The van der Waals surface area contributed by atoms with Crippen molar-refractivity contribution in [2.24, 2.45) is 5.41 Å². The third kappa shape index (κ3) is 5.15. The topological polar surface area (TPSA) is 83.2 Å². The maximum absolute atomic E-state index is 12.9. The Morgan fingerprint density at radius 2 is 2.06 bits per heavy atom. The Morgan fingerprint density at radius 1 is 1.29 bits per heavy atom. The molecule has 1 aromatic carbocycles. The fraction of sp³-hybridized carbons (Fsp3) is 0.542. The fourth-order valence-electron chi connectivity index (χ4n) is 4.63. The zero-order chi connectivity index (χ0) is 21.7. The molecule has 1 aromatic heterocycles. The highest BCUT2D eigenvalue weighted by Gasteiger charge is 2.42. The quantitative estimate of drug-likeness (QED) is 0.673. The number of nitrogens with one attached hydrogen (secondary N) is 1. The van der Waals surface area contributed by atoms with Gasteiger partial charge in [-0.2, -0.15) is 10.4 Å². The summed E-state index contributed by atoms with van der Waals surface area (Å²) in [6.45, 7) is 3.55. The SMILES string of the molecule is COCC1(CN[C@@H]2CC2c2ccccc2)CCN(C(=O)c2ccn(CCC#N)n2)CC1. The van der Waals surface area contributed by atoms with E-state index in [9.17, 15) is 4.79 Å². The summed E-state index contributed by atoms with van der Waals surface area (Å²) in [5.74, 6) is 0.583. The standard InChI is InChI=1S/C24H31N5O2/c1-31-18-24(17-26-22-16-20(22)19-6-3-2-4-7-19)9-14-28(15-10-24)23(30)21-8-13-29(27-21)12-5-11-25/h2-4,6-8,13,20,22,26H,5,9-10,12,14-18H2,1H3/t20?,22-/m1/s1. The van der Waals surface area contributed by atoms with Gasteiger partial charge in [0.1, 0.15) is 5.69 Å². The van der Waals surface area contributed by atoms with Crippen LogP contribution in [0, 0.1) is 16.7 Å². The summed E-state index contributed by atoms with van der Waals surface area (Å²) in [6, 6.07) is 15.1. The van der Waals surface area contributed by atoms with Gasteiger partial charge in [0, 0.05) is 50.3 Å². The number of piperidine rings is 1. The third-order valence-corrected chi connectivity index (χ3v) is 6.63. The molecule has 1 saturated heterocycles. The molecule has 1 aliphatic carbocycles. The number of aromatic nitrogens is 2. The van der Waals surface area contributed by atoms with E-state index in [2.05, 4.69) is 46.8 Å². The van der Waals surface area contributed by atoms with E-state index in [1.54, 1.807) is 24.1 Å². The van der Waals surface area contributed by atoms with Gasteiger partial charge in [-0.25, -0.2) is 0 Å². The number of carbonyl (C=O) groups is 1. The molecule has 7 nitrogen and oxygen atoms in total. The maximum atomic E-state index is 12.9. The van der Waals surface area contributed by atoms with Crippen LogP contribution in [0.5, 0.6) is 0 Å². The molecular weight excluding hydrogens is 390 g/mol. The first-order chi connectivity index (χ1) is 15.1. The van der Waals surface area contributed by atoms with Crippen LogP contribution in [0.25, 0.3) is 0 Å². The predicted octanol–water partition coefficient (Wildman–Crippen LogP) is 2.81. The number of methoxy groups -OCH3 is 1. The van der Waals surface area contributed by atoms with Gasteiger partial charge in [0.2, 0.25) is 0 Å². The third-order valence-electron chi connectivity index (χ3n) is 6.63. The molecule has 1 amide bonds. The lowest BCUT2D eigenvalue weighted by atomic mass is 9.78. The zero-order valence-electron chi connectivity index (χ0n) is 18.2. The number of hydrogen-bond donors (Lipinski definition) is 1. The maximum Gasteiger partial charge on any atom is 0.274 e. The first-order valence-corrected chi connectivity index (χ1v) is 11.1. The molecule has 164 valence electrons. The van der Waals surface area contributed by atoms with Gasteiger partial charge in [-0.05, 0) is 30.9 Å². The molecule has 0 radical (unpaired) electrons. The van der Waals surface area contributed by atoms with Crippen molar-refractivity contribution in [3.05, 3.63) is 53.9 Å². The molecule has 2 aromatic rings. The number of hydrogen-bond acceptors (Lipinski definition) is 5. The lowest BCUT2D eigenvalue weighted by molar-refractivity contribution is 0.0199. The number of amides is 1. The van der Waals surface area contributed by atoms with Crippen molar-refractivity contribution < 1.29 is 9.53 Å². The Balaban J connectivity index is 1.29. The Labute approximate surface area is 184 Å². The molecule has 31 heavy (non-hydrogen) atoms. The first kappa shape index (κ1) is 21.5. The van der Waals surface area contributed by atoms with Crippen molar-refractivity contribution in [1.29, 1.82) is 5.26 Å². The van der Waals surface area contributed by atoms with Crippen LogP contribution in [0.2, 0.25) is 0 Å². The molecule has 1 N–H and O–H groups in total. The van der Waals surface area contributed by atoms with Gasteiger partial charge in [0.05, 0.1) is 25.6 Å². The highest BCUT2D eigenvalue weighted by molar-refractivity contribution is 5.92. The van der Waals surface area contributed by atoms with Crippen LogP contribution in [0.15, 0.2) is 42.6 Å². The molecule has 2 aliphatic rings. The van der Waals surface area contributed by atoms with Gasteiger partial charge in [-0.3, -0.25) is 9.48 Å². The molecule has 2 atom stereocenters. The summed E-state index contributed by atoms with van der Waals surface area (Å²) in [4.78, 5) is 14.8. The van der Waals surface area contributed by atoms with Crippen molar-refractivity contribution in [3.8, 4) is 6.07 Å². The average molecular weight is 422 g/mol. The van der Waals surface area contributed by atoms with E-state index in [0.717, 1.165) is 19.4 Å². The van der Waals surface area contributed by atoms with Crippen molar-refractivity contribution in [1.82, 2.24) is 20.0 Å². The van der Waals surface area contributed by atoms with E-state index in [-0.39, 0.29) is 11.3 Å². The monoisotopic (exact) mass is 421 g/mol. The van der Waals surface area contributed by atoms with Crippen LogP contribution < -0.4 is 5.32 Å². The van der Waals surface area contributed by atoms with Crippen LogP contribution in [0.1, 0.15) is 47.7 Å². The fourth-order valence-corrected chi connectivity index (χ4v) is 4.63. The molecule has 0 spiro atoms. The summed E-state index contributed by atoms with van der Waals surface area (Å²) in [5, 5.41) is 16.8. The van der Waals surface area contributed by atoms with E-state index in [0.29, 0.717) is 50.3 Å². The van der Waals surface area contributed by atoms with Gasteiger partial charge in [-0.1, -0.05) is 30.3 Å². The highest BCUT2D eigenvalue weighted by atomic mass is 16.5. The lowest BCUT2D eigenvalue weighted by Crippen LogP contribution is -2.49. The van der Waals surface area contributed by atoms with Crippen LogP contribution in [-0.2, 0) is 11.3 Å². The second kappa shape index (κ2) is 9.63. The number of carbonyl (C=O) groups excluding carboxylic acids is 1. The summed E-state index contributed by atoms with van der Waals surface area (Å²) in [6.07, 6.45) is 5.17. The van der Waals surface area contributed by atoms with Crippen molar-refractivity contribution in [2.75, 3.05) is 33.4 Å². The molecule has 1 saturated carbocycles. The molecule has 1 aliphatic heterocycles. The van der Waals surface area contributed by atoms with E-state index >= 15 is 0 Å².